The summed E-state index contributed by atoms with van der Waals surface area (Å²) in [7, 11) is 0. The van der Waals surface area contributed by atoms with Gasteiger partial charge in [-0.15, -0.1) is 0 Å². The summed E-state index contributed by atoms with van der Waals surface area (Å²) in [6.45, 7) is 5.56. The summed E-state index contributed by atoms with van der Waals surface area (Å²) in [5.41, 5.74) is 8.31. The standard InChI is InChI=1S/C14H19N3O/c1-3-17-10-12(9-16-17)14(15)11-5-7-13(8-6-11)18-4-2/h5-10,14H,3-4,15H2,1-2H3. The summed E-state index contributed by atoms with van der Waals surface area (Å²) < 4.78 is 7.29. The maximum Gasteiger partial charge on any atom is 0.119 e. The van der Waals surface area contributed by atoms with Crippen molar-refractivity contribution >= 4 is 0 Å². The van der Waals surface area contributed by atoms with Crippen molar-refractivity contribution in [1.29, 1.82) is 0 Å². The van der Waals surface area contributed by atoms with Crippen molar-refractivity contribution in [3.63, 3.8) is 0 Å². The third-order valence-corrected chi connectivity index (χ3v) is 2.89. The molecular weight excluding hydrogens is 226 g/mol. The minimum Gasteiger partial charge on any atom is -0.494 e. The smallest absolute Gasteiger partial charge is 0.119 e. The molecule has 0 aliphatic carbocycles. The fourth-order valence-electron chi connectivity index (χ4n) is 1.84. The Labute approximate surface area is 107 Å². The van der Waals surface area contributed by atoms with Gasteiger partial charge in [-0.1, -0.05) is 12.1 Å². The van der Waals surface area contributed by atoms with Gasteiger partial charge in [0.15, 0.2) is 0 Å². The highest BCUT2D eigenvalue weighted by molar-refractivity contribution is 5.33. The normalized spacial score (nSPS) is 12.4. The van der Waals surface area contributed by atoms with Crippen molar-refractivity contribution in [2.45, 2.75) is 26.4 Å². The lowest BCUT2D eigenvalue weighted by Crippen LogP contribution is -2.11. The Morgan fingerprint density at radius 3 is 2.50 bits per heavy atom. The van der Waals surface area contributed by atoms with Gasteiger partial charge in [0.2, 0.25) is 0 Å². The highest BCUT2D eigenvalue weighted by Gasteiger charge is 2.10. The van der Waals surface area contributed by atoms with E-state index in [1.165, 1.54) is 0 Å². The van der Waals surface area contributed by atoms with Crippen LogP contribution < -0.4 is 10.5 Å². The highest BCUT2D eigenvalue weighted by Crippen LogP contribution is 2.21. The van der Waals surface area contributed by atoms with E-state index in [2.05, 4.69) is 12.0 Å². The second kappa shape index (κ2) is 5.69. The molecule has 18 heavy (non-hydrogen) atoms. The summed E-state index contributed by atoms with van der Waals surface area (Å²) in [5, 5.41) is 4.24. The molecule has 4 heteroatoms. The first-order valence-corrected chi connectivity index (χ1v) is 6.25. The van der Waals surface area contributed by atoms with E-state index in [1.54, 1.807) is 0 Å². The van der Waals surface area contributed by atoms with Crippen LogP contribution in [0.4, 0.5) is 0 Å². The second-order valence-electron chi connectivity index (χ2n) is 4.11. The number of nitrogens with two attached hydrogens (primary N) is 1. The molecule has 4 nitrogen and oxygen atoms in total. The van der Waals surface area contributed by atoms with Gasteiger partial charge in [-0.25, -0.2) is 0 Å². The molecule has 1 unspecified atom stereocenters. The van der Waals surface area contributed by atoms with Gasteiger partial charge >= 0.3 is 0 Å². The number of hydrogen-bond acceptors (Lipinski definition) is 3. The molecule has 0 aliphatic rings. The second-order valence-corrected chi connectivity index (χ2v) is 4.11. The molecule has 2 aromatic rings. The van der Waals surface area contributed by atoms with Crippen LogP contribution in [0.1, 0.15) is 31.0 Å². The Bertz CT molecular complexity index is 490. The van der Waals surface area contributed by atoms with Crippen molar-refractivity contribution in [2.24, 2.45) is 5.73 Å². The van der Waals surface area contributed by atoms with Crippen molar-refractivity contribution in [2.75, 3.05) is 6.61 Å². The van der Waals surface area contributed by atoms with Crippen molar-refractivity contribution in [3.05, 3.63) is 47.8 Å². The van der Waals surface area contributed by atoms with E-state index in [-0.39, 0.29) is 6.04 Å². The molecule has 0 radical (unpaired) electrons. The molecule has 0 spiro atoms. The summed E-state index contributed by atoms with van der Waals surface area (Å²) in [4.78, 5) is 0. The first-order valence-electron chi connectivity index (χ1n) is 6.25. The molecule has 1 atom stereocenters. The van der Waals surface area contributed by atoms with E-state index < -0.39 is 0 Å². The molecular formula is C14H19N3O. The van der Waals surface area contributed by atoms with E-state index in [0.717, 1.165) is 23.4 Å². The SMILES string of the molecule is CCOc1ccc(C(N)c2cnn(CC)c2)cc1. The average Bonchev–Trinajstić information content (AvgIpc) is 2.88. The van der Waals surface area contributed by atoms with E-state index in [4.69, 9.17) is 10.5 Å². The molecule has 1 aromatic heterocycles. The number of hydrogen-bond donors (Lipinski definition) is 1. The zero-order valence-electron chi connectivity index (χ0n) is 10.8. The monoisotopic (exact) mass is 245 g/mol. The molecule has 0 amide bonds. The number of aromatic nitrogens is 2. The van der Waals surface area contributed by atoms with Gasteiger partial charge in [-0.05, 0) is 31.5 Å². The number of benzene rings is 1. The zero-order chi connectivity index (χ0) is 13.0. The predicted octanol–water partition coefficient (Wildman–Crippen LogP) is 2.35. The fourth-order valence-corrected chi connectivity index (χ4v) is 1.84. The van der Waals surface area contributed by atoms with Crippen LogP contribution >= 0.6 is 0 Å². The third-order valence-electron chi connectivity index (χ3n) is 2.89. The summed E-state index contributed by atoms with van der Waals surface area (Å²) in [6, 6.07) is 7.75. The fraction of sp³-hybridized carbons (Fsp3) is 0.357. The molecule has 2 rings (SSSR count). The first-order chi connectivity index (χ1) is 8.74. The Balaban J connectivity index is 2.14. The summed E-state index contributed by atoms with van der Waals surface area (Å²) in [5.74, 6) is 0.873. The Hall–Kier alpha value is -1.81. The van der Waals surface area contributed by atoms with Crippen LogP contribution in [0, 0.1) is 0 Å². The van der Waals surface area contributed by atoms with Gasteiger partial charge in [-0.2, -0.15) is 5.10 Å². The van der Waals surface area contributed by atoms with E-state index in [0.29, 0.717) is 6.61 Å². The molecule has 1 heterocycles. The van der Waals surface area contributed by atoms with E-state index >= 15 is 0 Å². The third kappa shape index (κ3) is 2.71. The van der Waals surface area contributed by atoms with E-state index in [9.17, 15) is 0 Å². The Kier molecular flexibility index (Phi) is 3.99. The maximum atomic E-state index is 6.21. The minimum atomic E-state index is -0.138. The molecule has 0 saturated heterocycles. The van der Waals surface area contributed by atoms with Gasteiger partial charge in [0.05, 0.1) is 18.8 Å². The predicted molar refractivity (Wildman–Crippen MR) is 71.5 cm³/mol. The van der Waals surface area contributed by atoms with Gasteiger partial charge < -0.3 is 10.5 Å². The first kappa shape index (κ1) is 12.6. The lowest BCUT2D eigenvalue weighted by atomic mass is 10.0. The lowest BCUT2D eigenvalue weighted by molar-refractivity contribution is 0.340. The van der Waals surface area contributed by atoms with Gasteiger partial charge in [0.25, 0.3) is 0 Å². The van der Waals surface area contributed by atoms with Gasteiger partial charge in [0.1, 0.15) is 5.75 Å². The van der Waals surface area contributed by atoms with Gasteiger partial charge in [0, 0.05) is 18.3 Å². The maximum absolute atomic E-state index is 6.21. The Morgan fingerprint density at radius 2 is 1.94 bits per heavy atom. The molecule has 0 aliphatic heterocycles. The van der Waals surface area contributed by atoms with Crippen LogP contribution in [0.5, 0.6) is 5.75 Å². The van der Waals surface area contributed by atoms with Crippen molar-refractivity contribution < 1.29 is 4.74 Å². The van der Waals surface area contributed by atoms with Crippen LogP contribution in [0.15, 0.2) is 36.7 Å². The van der Waals surface area contributed by atoms with Crippen LogP contribution in [-0.4, -0.2) is 16.4 Å². The molecule has 0 saturated carbocycles. The summed E-state index contributed by atoms with van der Waals surface area (Å²) in [6.07, 6.45) is 3.81. The van der Waals surface area contributed by atoms with Crippen LogP contribution in [0.2, 0.25) is 0 Å². The van der Waals surface area contributed by atoms with E-state index in [1.807, 2.05) is 48.3 Å². The lowest BCUT2D eigenvalue weighted by Gasteiger charge is -2.11. The summed E-state index contributed by atoms with van der Waals surface area (Å²) >= 11 is 0. The number of rotatable bonds is 5. The van der Waals surface area contributed by atoms with Crippen LogP contribution in [0.3, 0.4) is 0 Å². The zero-order valence-corrected chi connectivity index (χ0v) is 10.8. The van der Waals surface area contributed by atoms with Crippen LogP contribution in [-0.2, 0) is 6.54 Å². The molecule has 0 fully saturated rings. The topological polar surface area (TPSA) is 53.1 Å². The average molecular weight is 245 g/mol. The molecule has 2 N–H and O–H groups in total. The highest BCUT2D eigenvalue weighted by atomic mass is 16.5. The molecule has 96 valence electrons. The largest absolute Gasteiger partial charge is 0.494 e. The number of nitrogens with zero attached hydrogens (tertiary/aromatic N) is 2. The number of ether oxygens (including phenoxy) is 1. The molecule has 0 bridgehead atoms. The Morgan fingerprint density at radius 1 is 1.22 bits per heavy atom. The van der Waals surface area contributed by atoms with Crippen molar-refractivity contribution in [3.8, 4) is 5.75 Å². The van der Waals surface area contributed by atoms with Gasteiger partial charge in [-0.3, -0.25) is 4.68 Å². The minimum absolute atomic E-state index is 0.138. The number of aryl methyl sites for hydroxylation is 1. The quantitative estimate of drug-likeness (QED) is 0.879. The van der Waals surface area contributed by atoms with Crippen LogP contribution in [0.25, 0.3) is 0 Å². The van der Waals surface area contributed by atoms with Crippen molar-refractivity contribution in [1.82, 2.24) is 9.78 Å². The molecule has 1 aromatic carbocycles.